The zero-order chi connectivity index (χ0) is 29.9. The van der Waals surface area contributed by atoms with Gasteiger partial charge in [-0.25, -0.2) is 4.79 Å². The number of furan rings is 1. The highest BCUT2D eigenvalue weighted by molar-refractivity contribution is 5.92. The van der Waals surface area contributed by atoms with Crippen molar-refractivity contribution in [1.29, 1.82) is 0 Å². The second-order valence-electron chi connectivity index (χ2n) is 14.7. The largest absolute Gasteiger partial charge is 0.469 e. The van der Waals surface area contributed by atoms with E-state index in [1.165, 1.54) is 19.3 Å². The molecule has 4 saturated heterocycles. The molecule has 6 aliphatic rings. The van der Waals surface area contributed by atoms with Crippen molar-refractivity contribution in [3.8, 4) is 0 Å². The highest BCUT2D eigenvalue weighted by Crippen LogP contribution is 2.80. The molecule has 9 nitrogen and oxygen atoms in total. The zero-order valence-corrected chi connectivity index (χ0v) is 25.4. The van der Waals surface area contributed by atoms with Crippen LogP contribution in [0, 0.1) is 28.1 Å². The molecule has 42 heavy (non-hydrogen) atoms. The quantitative estimate of drug-likeness (QED) is 0.278. The molecule has 2 saturated carbocycles. The fourth-order valence-electron chi connectivity index (χ4n) is 10.7. The molecule has 0 radical (unpaired) electrons. The molecule has 2 spiro atoms. The molecule has 4 aliphatic heterocycles. The molecule has 0 aromatic carbocycles. The molecule has 9 heteroatoms. The van der Waals surface area contributed by atoms with Gasteiger partial charge in [0, 0.05) is 28.2 Å². The SMILES string of the molecule is CCCCCCCc1occc1[C@@H]1OC(=O)[C@H]2O[C@]23[C@]2(C)[C@H](O)C(=O)[C@@H]4C(C)(C)O[C@H]5CC(=O)OC[C@]54[C@H]2CC[C@@]13C. The van der Waals surface area contributed by atoms with E-state index in [1.54, 1.807) is 6.26 Å². The molecule has 0 unspecified atom stereocenters. The van der Waals surface area contributed by atoms with Crippen LogP contribution < -0.4 is 0 Å². The first-order valence-electron chi connectivity index (χ1n) is 15.9. The van der Waals surface area contributed by atoms with Crippen LogP contribution in [0.4, 0.5) is 0 Å². The minimum absolute atomic E-state index is 0.0541. The summed E-state index contributed by atoms with van der Waals surface area (Å²) in [6, 6.07) is 1.90. The van der Waals surface area contributed by atoms with Crippen LogP contribution in [0.3, 0.4) is 0 Å². The van der Waals surface area contributed by atoms with Crippen molar-refractivity contribution >= 4 is 17.7 Å². The second kappa shape index (κ2) is 9.14. The van der Waals surface area contributed by atoms with Gasteiger partial charge in [-0.3, -0.25) is 9.59 Å². The van der Waals surface area contributed by atoms with E-state index in [0.29, 0.717) is 12.8 Å². The summed E-state index contributed by atoms with van der Waals surface area (Å²) in [6.45, 7) is 9.98. The van der Waals surface area contributed by atoms with Crippen LogP contribution in [0.5, 0.6) is 0 Å². The Morgan fingerprint density at radius 1 is 1.00 bits per heavy atom. The average Bonchev–Trinajstić information content (AvgIpc) is 3.49. The van der Waals surface area contributed by atoms with Gasteiger partial charge >= 0.3 is 11.9 Å². The van der Waals surface area contributed by atoms with Gasteiger partial charge in [-0.1, -0.05) is 46.5 Å². The number of esters is 2. The van der Waals surface area contributed by atoms with Crippen LogP contribution >= 0.6 is 0 Å². The lowest BCUT2D eigenvalue weighted by atomic mass is 9.36. The number of ketones is 1. The van der Waals surface area contributed by atoms with Gasteiger partial charge < -0.3 is 28.5 Å². The van der Waals surface area contributed by atoms with Crippen molar-refractivity contribution < 1.29 is 42.9 Å². The number of fused-ring (bicyclic) bond motifs is 1. The first-order chi connectivity index (χ1) is 19.9. The van der Waals surface area contributed by atoms with Gasteiger partial charge in [0.1, 0.15) is 30.2 Å². The molecular weight excluding hydrogens is 540 g/mol. The third-order valence-electron chi connectivity index (χ3n) is 12.4. The minimum Gasteiger partial charge on any atom is -0.469 e. The summed E-state index contributed by atoms with van der Waals surface area (Å²) >= 11 is 0. The van der Waals surface area contributed by atoms with Crippen LogP contribution in [0.15, 0.2) is 16.7 Å². The molecule has 0 bridgehead atoms. The molecule has 5 heterocycles. The Morgan fingerprint density at radius 3 is 2.52 bits per heavy atom. The monoisotopic (exact) mass is 584 g/mol. The summed E-state index contributed by atoms with van der Waals surface area (Å²) in [5.74, 6) is -1.24. The fourth-order valence-corrected chi connectivity index (χ4v) is 10.7. The first kappa shape index (κ1) is 28.5. The number of ether oxygens (including phenoxy) is 4. The van der Waals surface area contributed by atoms with Crippen LogP contribution in [-0.4, -0.2) is 58.9 Å². The van der Waals surface area contributed by atoms with Gasteiger partial charge in [-0.15, -0.1) is 0 Å². The number of aliphatic hydroxyl groups is 1. The normalized spacial score (nSPS) is 46.5. The van der Waals surface area contributed by atoms with E-state index in [1.807, 2.05) is 26.8 Å². The second-order valence-corrected chi connectivity index (χ2v) is 14.7. The van der Waals surface area contributed by atoms with Crippen LogP contribution in [0.2, 0.25) is 0 Å². The number of hydrogen-bond donors (Lipinski definition) is 1. The maximum absolute atomic E-state index is 14.3. The molecular formula is C33H44O9. The van der Waals surface area contributed by atoms with Gasteiger partial charge in [-0.05, 0) is 45.1 Å². The lowest BCUT2D eigenvalue weighted by Gasteiger charge is -2.66. The summed E-state index contributed by atoms with van der Waals surface area (Å²) < 4.78 is 30.8. The third-order valence-corrected chi connectivity index (χ3v) is 12.4. The van der Waals surface area contributed by atoms with Gasteiger partial charge in [-0.2, -0.15) is 0 Å². The number of carbonyl (C=O) groups excluding carboxylic acids is 3. The standard InChI is InChI=1S/C33H44O9/c1-6-7-8-9-10-11-19-18(13-15-38-19)26-30(4)14-12-20-31(5,33(30)27(42-33)28(37)40-26)25(36)23(35)24-29(2,3)41-21-16-22(34)39-17-32(20,21)24/h13,15,20-21,24-27,36H,6-12,14,16-17H2,1-5H3/t20-,21-,24+,25+,26-,27+,30-,31-,32-,33+/m0/s1. The smallest absolute Gasteiger partial charge is 0.339 e. The Kier molecular flexibility index (Phi) is 6.21. The van der Waals surface area contributed by atoms with Crippen molar-refractivity contribution in [3.05, 3.63) is 23.7 Å². The average molecular weight is 585 g/mol. The molecule has 2 aliphatic carbocycles. The van der Waals surface area contributed by atoms with Gasteiger partial charge in [0.25, 0.3) is 0 Å². The summed E-state index contributed by atoms with van der Waals surface area (Å²) in [4.78, 5) is 40.4. The van der Waals surface area contributed by atoms with E-state index < -0.39 is 63.8 Å². The maximum Gasteiger partial charge on any atom is 0.339 e. The van der Waals surface area contributed by atoms with Crippen LogP contribution in [-0.2, 0) is 39.8 Å². The van der Waals surface area contributed by atoms with Crippen molar-refractivity contribution in [2.75, 3.05) is 6.61 Å². The number of aryl methyl sites for hydroxylation is 1. The van der Waals surface area contributed by atoms with E-state index in [0.717, 1.165) is 30.6 Å². The fraction of sp³-hybridized carbons (Fsp3) is 0.788. The van der Waals surface area contributed by atoms with Crippen molar-refractivity contribution in [2.24, 2.45) is 28.1 Å². The van der Waals surface area contributed by atoms with Crippen LogP contribution in [0.1, 0.15) is 103 Å². The van der Waals surface area contributed by atoms with E-state index in [2.05, 4.69) is 13.8 Å². The van der Waals surface area contributed by atoms with Crippen molar-refractivity contribution in [2.45, 2.75) is 128 Å². The molecule has 0 amide bonds. The Bertz CT molecular complexity index is 1320. The number of epoxide rings is 1. The summed E-state index contributed by atoms with van der Waals surface area (Å²) in [5.41, 5.74) is -3.84. The van der Waals surface area contributed by atoms with Gasteiger partial charge in [0.15, 0.2) is 11.9 Å². The number of unbranched alkanes of at least 4 members (excludes halogenated alkanes) is 4. The van der Waals surface area contributed by atoms with Gasteiger partial charge in [0.05, 0.1) is 30.3 Å². The summed E-state index contributed by atoms with van der Waals surface area (Å²) in [5, 5.41) is 12.1. The lowest BCUT2D eigenvalue weighted by Crippen LogP contribution is -2.76. The molecule has 6 fully saturated rings. The number of Topliss-reactive ketones (excluding diaryl/α,β-unsaturated/α-hetero) is 1. The minimum atomic E-state index is -1.38. The molecule has 1 N–H and O–H groups in total. The molecule has 10 atom stereocenters. The lowest BCUT2D eigenvalue weighted by molar-refractivity contribution is -0.252. The highest BCUT2D eigenvalue weighted by atomic mass is 16.7. The number of aliphatic hydroxyl groups excluding tert-OH is 1. The summed E-state index contributed by atoms with van der Waals surface area (Å²) in [6.07, 6.45) is 5.97. The predicted octanol–water partition coefficient (Wildman–Crippen LogP) is 4.62. The Morgan fingerprint density at radius 2 is 1.76 bits per heavy atom. The van der Waals surface area contributed by atoms with E-state index >= 15 is 0 Å². The number of carbonyl (C=O) groups is 3. The number of hydrogen-bond acceptors (Lipinski definition) is 9. The topological polar surface area (TPSA) is 125 Å². The van der Waals surface area contributed by atoms with Crippen LogP contribution in [0.25, 0.3) is 0 Å². The maximum atomic E-state index is 14.3. The Hall–Kier alpha value is -2.23. The molecule has 7 rings (SSSR count). The number of cyclic esters (lactones) is 2. The predicted molar refractivity (Wildman–Crippen MR) is 148 cm³/mol. The van der Waals surface area contributed by atoms with Gasteiger partial charge in [0.2, 0.25) is 0 Å². The number of rotatable bonds is 7. The molecule has 1 aromatic heterocycles. The van der Waals surface area contributed by atoms with E-state index in [9.17, 15) is 19.5 Å². The van der Waals surface area contributed by atoms with E-state index in [-0.39, 0.29) is 30.7 Å². The third kappa shape index (κ3) is 3.28. The first-order valence-corrected chi connectivity index (χ1v) is 15.9. The molecule has 230 valence electrons. The highest BCUT2D eigenvalue weighted by Gasteiger charge is 2.90. The van der Waals surface area contributed by atoms with Crippen molar-refractivity contribution in [3.63, 3.8) is 0 Å². The Labute approximate surface area is 247 Å². The Balaban J connectivity index is 1.30. The summed E-state index contributed by atoms with van der Waals surface area (Å²) in [7, 11) is 0. The van der Waals surface area contributed by atoms with Crippen molar-refractivity contribution in [1.82, 2.24) is 0 Å². The van der Waals surface area contributed by atoms with E-state index in [4.69, 9.17) is 23.4 Å². The molecule has 1 aromatic rings. The zero-order valence-electron chi connectivity index (χ0n) is 25.4.